The second kappa shape index (κ2) is 6.81. The van der Waals surface area contributed by atoms with Crippen LogP contribution in [0.15, 0.2) is 42.5 Å². The summed E-state index contributed by atoms with van der Waals surface area (Å²) >= 11 is 0. The van der Waals surface area contributed by atoms with Crippen molar-refractivity contribution in [3.05, 3.63) is 59.7 Å². The SMILES string of the molecule is NCc1c(F)cccc1OCC(=O)Nc1ccccc1F. The molecular formula is C15H14F2N2O2. The van der Waals surface area contributed by atoms with E-state index in [0.29, 0.717) is 0 Å². The van der Waals surface area contributed by atoms with Gasteiger partial charge in [-0.25, -0.2) is 8.78 Å². The standard InChI is InChI=1S/C15H14F2N2O2/c16-11-5-3-7-14(10(11)8-18)21-9-15(20)19-13-6-2-1-4-12(13)17/h1-7H,8-9,18H2,(H,19,20). The zero-order chi connectivity index (χ0) is 15.2. The first-order valence-electron chi connectivity index (χ1n) is 6.26. The Bertz CT molecular complexity index is 647. The van der Waals surface area contributed by atoms with E-state index in [4.69, 9.17) is 10.5 Å². The van der Waals surface area contributed by atoms with Crippen LogP contribution >= 0.6 is 0 Å². The van der Waals surface area contributed by atoms with Crippen LogP contribution in [0, 0.1) is 11.6 Å². The average molecular weight is 292 g/mol. The van der Waals surface area contributed by atoms with Crippen molar-refractivity contribution in [3.63, 3.8) is 0 Å². The molecule has 0 radical (unpaired) electrons. The third-order valence-corrected chi connectivity index (χ3v) is 2.79. The van der Waals surface area contributed by atoms with Crippen LogP contribution in [-0.2, 0) is 11.3 Å². The summed E-state index contributed by atoms with van der Waals surface area (Å²) in [6, 6.07) is 10.0. The third kappa shape index (κ3) is 3.76. The lowest BCUT2D eigenvalue weighted by molar-refractivity contribution is -0.118. The van der Waals surface area contributed by atoms with Gasteiger partial charge < -0.3 is 15.8 Å². The Kier molecular flexibility index (Phi) is 4.84. The van der Waals surface area contributed by atoms with Gasteiger partial charge in [0.1, 0.15) is 17.4 Å². The van der Waals surface area contributed by atoms with Crippen LogP contribution in [0.5, 0.6) is 5.75 Å². The molecule has 0 fully saturated rings. The van der Waals surface area contributed by atoms with Crippen LogP contribution < -0.4 is 15.8 Å². The molecule has 0 aromatic heterocycles. The number of ether oxygens (including phenoxy) is 1. The Hall–Kier alpha value is -2.47. The monoisotopic (exact) mass is 292 g/mol. The van der Waals surface area contributed by atoms with Gasteiger partial charge in [0.25, 0.3) is 5.91 Å². The molecule has 2 rings (SSSR count). The molecule has 6 heteroatoms. The van der Waals surface area contributed by atoms with Crippen LogP contribution in [-0.4, -0.2) is 12.5 Å². The number of nitrogens with two attached hydrogens (primary N) is 1. The minimum atomic E-state index is -0.549. The van der Waals surface area contributed by atoms with Crippen molar-refractivity contribution >= 4 is 11.6 Å². The van der Waals surface area contributed by atoms with Gasteiger partial charge in [0.2, 0.25) is 0 Å². The largest absolute Gasteiger partial charge is 0.483 e. The molecule has 0 aliphatic carbocycles. The van der Waals surface area contributed by atoms with Gasteiger partial charge in [-0.2, -0.15) is 0 Å². The summed E-state index contributed by atoms with van der Waals surface area (Å²) in [6.45, 7) is -0.415. The van der Waals surface area contributed by atoms with Crippen molar-refractivity contribution < 1.29 is 18.3 Å². The molecule has 3 N–H and O–H groups in total. The van der Waals surface area contributed by atoms with Gasteiger partial charge in [-0.1, -0.05) is 18.2 Å². The average Bonchev–Trinajstić information content (AvgIpc) is 2.47. The molecule has 0 aliphatic rings. The molecule has 0 spiro atoms. The number of carbonyl (C=O) groups is 1. The van der Waals surface area contributed by atoms with E-state index >= 15 is 0 Å². The molecule has 2 aromatic rings. The van der Waals surface area contributed by atoms with E-state index < -0.39 is 17.5 Å². The Morgan fingerprint density at radius 1 is 1.10 bits per heavy atom. The molecule has 0 unspecified atom stereocenters. The lowest BCUT2D eigenvalue weighted by Crippen LogP contribution is -2.21. The van der Waals surface area contributed by atoms with Crippen molar-refractivity contribution in [2.75, 3.05) is 11.9 Å². The smallest absolute Gasteiger partial charge is 0.262 e. The Morgan fingerprint density at radius 3 is 2.52 bits per heavy atom. The minimum Gasteiger partial charge on any atom is -0.483 e. The van der Waals surface area contributed by atoms with Crippen molar-refractivity contribution in [3.8, 4) is 5.75 Å². The van der Waals surface area contributed by atoms with Crippen LogP contribution in [0.2, 0.25) is 0 Å². The summed E-state index contributed by atoms with van der Waals surface area (Å²) < 4.78 is 32.1. The van der Waals surface area contributed by atoms with E-state index in [1.165, 1.54) is 36.4 Å². The Balaban J connectivity index is 1.99. The highest BCUT2D eigenvalue weighted by molar-refractivity contribution is 5.91. The number of hydrogen-bond acceptors (Lipinski definition) is 3. The zero-order valence-corrected chi connectivity index (χ0v) is 11.1. The molecule has 21 heavy (non-hydrogen) atoms. The fraction of sp³-hybridized carbons (Fsp3) is 0.133. The second-order valence-electron chi connectivity index (χ2n) is 4.24. The predicted octanol–water partition coefficient (Wildman–Crippen LogP) is 2.44. The van der Waals surface area contributed by atoms with Crippen molar-refractivity contribution in [2.24, 2.45) is 5.73 Å². The maximum absolute atomic E-state index is 13.5. The normalized spacial score (nSPS) is 10.2. The molecule has 0 aliphatic heterocycles. The van der Waals surface area contributed by atoms with Gasteiger partial charge in [0, 0.05) is 12.1 Å². The highest BCUT2D eigenvalue weighted by Gasteiger charge is 2.11. The summed E-state index contributed by atoms with van der Waals surface area (Å²) in [5.41, 5.74) is 5.68. The number of para-hydroxylation sites is 1. The van der Waals surface area contributed by atoms with E-state index in [2.05, 4.69) is 5.32 Å². The fourth-order valence-electron chi connectivity index (χ4n) is 1.76. The number of benzene rings is 2. The number of rotatable bonds is 5. The maximum Gasteiger partial charge on any atom is 0.262 e. The molecule has 2 aromatic carbocycles. The summed E-state index contributed by atoms with van der Waals surface area (Å²) in [5, 5.41) is 2.37. The first-order chi connectivity index (χ1) is 10.1. The first-order valence-corrected chi connectivity index (χ1v) is 6.26. The highest BCUT2D eigenvalue weighted by Crippen LogP contribution is 2.21. The molecule has 1 amide bonds. The minimum absolute atomic E-state index is 0.0447. The molecular weight excluding hydrogens is 278 g/mol. The van der Waals surface area contributed by atoms with E-state index in [-0.39, 0.29) is 30.2 Å². The third-order valence-electron chi connectivity index (χ3n) is 2.79. The summed E-state index contributed by atoms with van der Waals surface area (Å²) in [6.07, 6.45) is 0. The van der Waals surface area contributed by atoms with E-state index in [1.807, 2.05) is 0 Å². The predicted molar refractivity (Wildman–Crippen MR) is 74.8 cm³/mol. The highest BCUT2D eigenvalue weighted by atomic mass is 19.1. The number of carbonyl (C=O) groups excluding carboxylic acids is 1. The fourth-order valence-corrected chi connectivity index (χ4v) is 1.76. The molecule has 110 valence electrons. The van der Waals surface area contributed by atoms with Crippen LogP contribution in [0.3, 0.4) is 0 Å². The van der Waals surface area contributed by atoms with Gasteiger partial charge in [0.05, 0.1) is 5.69 Å². The van der Waals surface area contributed by atoms with E-state index in [0.717, 1.165) is 0 Å². The molecule has 0 bridgehead atoms. The first kappa shape index (κ1) is 14.9. The lowest BCUT2D eigenvalue weighted by Gasteiger charge is -2.11. The summed E-state index contributed by atoms with van der Waals surface area (Å²) in [7, 11) is 0. The van der Waals surface area contributed by atoms with Crippen LogP contribution in [0.1, 0.15) is 5.56 Å². The van der Waals surface area contributed by atoms with Crippen LogP contribution in [0.4, 0.5) is 14.5 Å². The molecule has 0 saturated heterocycles. The summed E-state index contributed by atoms with van der Waals surface area (Å²) in [4.78, 5) is 11.7. The number of nitrogens with one attached hydrogen (secondary N) is 1. The Morgan fingerprint density at radius 2 is 1.81 bits per heavy atom. The number of hydrogen-bond donors (Lipinski definition) is 2. The van der Waals surface area contributed by atoms with Crippen molar-refractivity contribution in [1.29, 1.82) is 0 Å². The van der Waals surface area contributed by atoms with Crippen molar-refractivity contribution in [2.45, 2.75) is 6.54 Å². The maximum atomic E-state index is 13.5. The number of amides is 1. The number of anilines is 1. The Labute approximate surface area is 120 Å². The summed E-state index contributed by atoms with van der Waals surface area (Å²) in [5.74, 6) is -1.39. The van der Waals surface area contributed by atoms with E-state index in [9.17, 15) is 13.6 Å². The second-order valence-corrected chi connectivity index (χ2v) is 4.24. The topological polar surface area (TPSA) is 64.3 Å². The quantitative estimate of drug-likeness (QED) is 0.889. The van der Waals surface area contributed by atoms with Crippen molar-refractivity contribution in [1.82, 2.24) is 0 Å². The lowest BCUT2D eigenvalue weighted by atomic mass is 10.2. The molecule has 0 saturated carbocycles. The molecule has 0 heterocycles. The molecule has 0 atom stereocenters. The van der Waals surface area contributed by atoms with Gasteiger partial charge in [-0.05, 0) is 24.3 Å². The van der Waals surface area contributed by atoms with Gasteiger partial charge in [-0.3, -0.25) is 4.79 Å². The zero-order valence-electron chi connectivity index (χ0n) is 11.1. The van der Waals surface area contributed by atoms with Gasteiger partial charge in [0.15, 0.2) is 6.61 Å². The van der Waals surface area contributed by atoms with Gasteiger partial charge in [-0.15, -0.1) is 0 Å². The van der Waals surface area contributed by atoms with Crippen LogP contribution in [0.25, 0.3) is 0 Å². The number of halogens is 2. The van der Waals surface area contributed by atoms with Gasteiger partial charge >= 0.3 is 0 Å². The molecule has 4 nitrogen and oxygen atoms in total. The van der Waals surface area contributed by atoms with E-state index in [1.54, 1.807) is 6.07 Å².